The number of anilines is 2. The first-order valence-electron chi connectivity index (χ1n) is 5.83. The summed E-state index contributed by atoms with van der Waals surface area (Å²) in [7, 11) is 0. The molecule has 0 aliphatic heterocycles. The number of carbonyl (C=O) groups is 1. The highest BCUT2D eigenvalue weighted by molar-refractivity contribution is 5.75. The molecule has 0 radical (unpaired) electrons. The molecule has 0 bridgehead atoms. The number of pyridine rings is 1. The minimum Gasteiger partial charge on any atom is -0.396 e. The van der Waals surface area contributed by atoms with Crippen molar-refractivity contribution in [3.8, 4) is 0 Å². The summed E-state index contributed by atoms with van der Waals surface area (Å²) in [6, 6.07) is 3.50. The summed E-state index contributed by atoms with van der Waals surface area (Å²) >= 11 is 0. The van der Waals surface area contributed by atoms with E-state index in [0.717, 1.165) is 0 Å². The average molecular weight is 238 g/mol. The van der Waals surface area contributed by atoms with Gasteiger partial charge in [0.25, 0.3) is 0 Å². The van der Waals surface area contributed by atoms with Crippen molar-refractivity contribution in [1.82, 2.24) is 4.98 Å². The molecule has 1 rings (SSSR count). The van der Waals surface area contributed by atoms with Crippen LogP contribution in [0.3, 0.4) is 0 Å². The normalized spacial score (nSPS) is 9.18. The number of nitrogens with zero attached hydrogens (tertiary/aromatic N) is 2. The zero-order chi connectivity index (χ0) is 13.3. The van der Waals surface area contributed by atoms with Crippen molar-refractivity contribution in [2.24, 2.45) is 5.84 Å². The van der Waals surface area contributed by atoms with E-state index in [4.69, 9.17) is 11.6 Å². The monoisotopic (exact) mass is 238 g/mol. The quantitative estimate of drug-likeness (QED) is 0.603. The van der Waals surface area contributed by atoms with E-state index in [2.05, 4.69) is 4.98 Å². The lowest BCUT2D eigenvalue weighted by atomic mass is 10.2. The van der Waals surface area contributed by atoms with Gasteiger partial charge in [-0.2, -0.15) is 0 Å². The SMILES string of the molecule is CC.CC(=O)CCCN(N)c1ncccc1N. The van der Waals surface area contributed by atoms with Crippen LogP contribution in [0.2, 0.25) is 0 Å². The predicted octanol–water partition coefficient (Wildman–Crippen LogP) is 1.74. The summed E-state index contributed by atoms with van der Waals surface area (Å²) in [4.78, 5) is 14.8. The van der Waals surface area contributed by atoms with Gasteiger partial charge >= 0.3 is 0 Å². The lowest BCUT2D eigenvalue weighted by Gasteiger charge is -2.18. The molecular weight excluding hydrogens is 216 g/mol. The van der Waals surface area contributed by atoms with Gasteiger partial charge in [-0.1, -0.05) is 13.8 Å². The Kier molecular flexibility index (Phi) is 7.71. The van der Waals surface area contributed by atoms with Crippen molar-refractivity contribution in [2.75, 3.05) is 17.3 Å². The van der Waals surface area contributed by atoms with Gasteiger partial charge in [0.05, 0.1) is 5.69 Å². The number of hydrogen-bond donors (Lipinski definition) is 2. The molecule has 4 N–H and O–H groups in total. The lowest BCUT2D eigenvalue weighted by molar-refractivity contribution is -0.117. The van der Waals surface area contributed by atoms with E-state index < -0.39 is 0 Å². The number of nitrogens with two attached hydrogens (primary N) is 2. The molecule has 0 unspecified atom stereocenters. The Morgan fingerprint density at radius 1 is 1.47 bits per heavy atom. The van der Waals surface area contributed by atoms with Crippen LogP contribution in [0.4, 0.5) is 11.5 Å². The van der Waals surface area contributed by atoms with Crippen LogP contribution < -0.4 is 16.6 Å². The summed E-state index contributed by atoms with van der Waals surface area (Å²) in [6.07, 6.45) is 2.87. The predicted molar refractivity (Wildman–Crippen MR) is 71.4 cm³/mol. The van der Waals surface area contributed by atoms with Crippen LogP contribution >= 0.6 is 0 Å². The summed E-state index contributed by atoms with van der Waals surface area (Å²) in [5.41, 5.74) is 6.25. The highest BCUT2D eigenvalue weighted by atomic mass is 16.1. The second-order valence-corrected chi connectivity index (χ2v) is 3.42. The fourth-order valence-corrected chi connectivity index (χ4v) is 1.25. The van der Waals surface area contributed by atoms with Crippen LogP contribution in [0.15, 0.2) is 18.3 Å². The van der Waals surface area contributed by atoms with Crippen LogP contribution in [-0.4, -0.2) is 17.3 Å². The molecule has 96 valence electrons. The van der Waals surface area contributed by atoms with E-state index in [0.29, 0.717) is 30.9 Å². The third-order valence-electron chi connectivity index (χ3n) is 2.02. The average Bonchev–Trinajstić information content (AvgIpc) is 2.31. The molecule has 1 aromatic rings. The van der Waals surface area contributed by atoms with Gasteiger partial charge in [-0.15, -0.1) is 0 Å². The number of aromatic nitrogens is 1. The Bertz CT molecular complexity index is 341. The van der Waals surface area contributed by atoms with Gasteiger partial charge in [-0.25, -0.2) is 10.8 Å². The minimum absolute atomic E-state index is 0.164. The highest BCUT2D eigenvalue weighted by Gasteiger charge is 2.06. The molecule has 5 heteroatoms. The van der Waals surface area contributed by atoms with Gasteiger partial charge in [-0.05, 0) is 25.5 Å². The van der Waals surface area contributed by atoms with Gasteiger partial charge in [0.1, 0.15) is 5.78 Å². The molecule has 1 heterocycles. The zero-order valence-electron chi connectivity index (χ0n) is 10.8. The second-order valence-electron chi connectivity index (χ2n) is 3.42. The number of carbonyl (C=O) groups excluding carboxylic acids is 1. The Morgan fingerprint density at radius 3 is 2.65 bits per heavy atom. The first-order chi connectivity index (χ1) is 8.11. The van der Waals surface area contributed by atoms with Crippen molar-refractivity contribution < 1.29 is 4.79 Å². The molecule has 0 amide bonds. The van der Waals surface area contributed by atoms with Gasteiger partial charge in [-0.3, -0.25) is 5.01 Å². The first kappa shape index (κ1) is 15.4. The Hall–Kier alpha value is -1.62. The van der Waals surface area contributed by atoms with Gasteiger partial charge in [0.2, 0.25) is 0 Å². The summed E-state index contributed by atoms with van der Waals surface area (Å²) in [6.45, 7) is 6.14. The molecule has 0 atom stereocenters. The highest BCUT2D eigenvalue weighted by Crippen LogP contribution is 2.16. The van der Waals surface area contributed by atoms with Gasteiger partial charge < -0.3 is 10.5 Å². The largest absolute Gasteiger partial charge is 0.396 e. The van der Waals surface area contributed by atoms with E-state index in [1.54, 1.807) is 25.3 Å². The molecule has 0 saturated carbocycles. The van der Waals surface area contributed by atoms with Crippen LogP contribution in [0.5, 0.6) is 0 Å². The topological polar surface area (TPSA) is 85.2 Å². The van der Waals surface area contributed by atoms with Crippen LogP contribution in [0, 0.1) is 0 Å². The van der Waals surface area contributed by atoms with Crippen molar-refractivity contribution >= 4 is 17.3 Å². The first-order valence-corrected chi connectivity index (χ1v) is 5.83. The fraction of sp³-hybridized carbons (Fsp3) is 0.500. The molecule has 0 spiro atoms. The van der Waals surface area contributed by atoms with E-state index in [9.17, 15) is 4.79 Å². The maximum atomic E-state index is 10.7. The molecule has 0 fully saturated rings. The molecule has 0 aliphatic rings. The fourth-order valence-electron chi connectivity index (χ4n) is 1.25. The molecule has 17 heavy (non-hydrogen) atoms. The maximum Gasteiger partial charge on any atom is 0.165 e. The number of nitrogen functional groups attached to an aromatic ring is 1. The van der Waals surface area contributed by atoms with Crippen molar-refractivity contribution in [3.63, 3.8) is 0 Å². The number of hydrogen-bond acceptors (Lipinski definition) is 5. The molecule has 0 aliphatic carbocycles. The van der Waals surface area contributed by atoms with Gasteiger partial charge in [0.15, 0.2) is 5.82 Å². The van der Waals surface area contributed by atoms with Crippen LogP contribution in [0.1, 0.15) is 33.6 Å². The molecule has 0 saturated heterocycles. The molecular formula is C12H22N4O. The lowest BCUT2D eigenvalue weighted by Crippen LogP contribution is -2.33. The smallest absolute Gasteiger partial charge is 0.165 e. The van der Waals surface area contributed by atoms with Crippen molar-refractivity contribution in [1.29, 1.82) is 0 Å². The number of rotatable bonds is 5. The Morgan fingerprint density at radius 2 is 2.12 bits per heavy atom. The van der Waals surface area contributed by atoms with Crippen molar-refractivity contribution in [2.45, 2.75) is 33.6 Å². The van der Waals surface area contributed by atoms with Gasteiger partial charge in [0, 0.05) is 19.2 Å². The van der Waals surface area contributed by atoms with Crippen LogP contribution in [0.25, 0.3) is 0 Å². The maximum absolute atomic E-state index is 10.7. The third-order valence-corrected chi connectivity index (χ3v) is 2.02. The number of hydrazine groups is 1. The summed E-state index contributed by atoms with van der Waals surface area (Å²) in [5, 5.41) is 1.47. The Labute approximate surface area is 103 Å². The standard InChI is InChI=1S/C10H16N4O.C2H6/c1-8(15)4-3-7-14(12)10-9(11)5-2-6-13-10;1-2/h2,5-6H,3-4,7,11-12H2,1H3;1-2H3. The summed E-state index contributed by atoms with van der Waals surface area (Å²) < 4.78 is 0. The van der Waals surface area contributed by atoms with E-state index >= 15 is 0 Å². The van der Waals surface area contributed by atoms with E-state index in [1.165, 1.54) is 5.01 Å². The van der Waals surface area contributed by atoms with Crippen LogP contribution in [-0.2, 0) is 4.79 Å². The number of Topliss-reactive ketones (excluding diaryl/α,β-unsaturated/α-hetero) is 1. The molecule has 0 aromatic carbocycles. The Balaban J connectivity index is 0.00000121. The molecule has 1 aromatic heterocycles. The number of ketones is 1. The van der Waals surface area contributed by atoms with Crippen molar-refractivity contribution in [3.05, 3.63) is 18.3 Å². The second kappa shape index (κ2) is 8.52. The summed E-state index contributed by atoms with van der Waals surface area (Å²) in [5.74, 6) is 6.48. The molecule has 5 nitrogen and oxygen atoms in total. The van der Waals surface area contributed by atoms with E-state index in [-0.39, 0.29) is 5.78 Å². The van der Waals surface area contributed by atoms with E-state index in [1.807, 2.05) is 13.8 Å². The zero-order valence-corrected chi connectivity index (χ0v) is 10.8. The third kappa shape index (κ3) is 5.87. The minimum atomic E-state index is 0.164.